The second kappa shape index (κ2) is 10.7. The zero-order valence-corrected chi connectivity index (χ0v) is 17.5. The fourth-order valence-electron chi connectivity index (χ4n) is 4.20. The first-order chi connectivity index (χ1) is 14.6. The number of hydrogen-bond acceptors (Lipinski definition) is 3. The molecule has 0 aliphatic heterocycles. The first kappa shape index (κ1) is 21.8. The van der Waals surface area contributed by atoms with Gasteiger partial charge in [0.15, 0.2) is 0 Å². The van der Waals surface area contributed by atoms with Gasteiger partial charge in [-0.3, -0.25) is 9.78 Å². The van der Waals surface area contributed by atoms with Gasteiger partial charge in [0.1, 0.15) is 0 Å². The van der Waals surface area contributed by atoms with Crippen molar-refractivity contribution in [3.8, 4) is 0 Å². The molecule has 1 fully saturated rings. The molecular weight excluding hydrogens is 376 g/mol. The zero-order chi connectivity index (χ0) is 21.3. The van der Waals surface area contributed by atoms with Crippen molar-refractivity contribution in [2.75, 3.05) is 13.7 Å². The first-order valence-electron chi connectivity index (χ1n) is 10.5. The lowest BCUT2D eigenvalue weighted by molar-refractivity contribution is 0.234. The van der Waals surface area contributed by atoms with E-state index in [0.717, 1.165) is 37.0 Å². The molecule has 0 atom stereocenters. The van der Waals surface area contributed by atoms with Crippen molar-refractivity contribution in [2.24, 2.45) is 0 Å². The number of H-pyrrole nitrogens is 2. The van der Waals surface area contributed by atoms with Gasteiger partial charge in [0.25, 0.3) is 5.56 Å². The van der Waals surface area contributed by atoms with Crippen molar-refractivity contribution in [2.45, 2.75) is 43.9 Å². The van der Waals surface area contributed by atoms with Crippen LogP contribution in [0.25, 0.3) is 0 Å². The SMILES string of the molecule is C=C(/C=C\C=C/COC)Cc1c(C2CCC(c3ccccc3)CC2)[nH]c(=O)[nH]c1=O. The Morgan fingerprint density at radius 2 is 1.77 bits per heavy atom. The second-order valence-electron chi connectivity index (χ2n) is 7.84. The molecule has 0 bridgehead atoms. The molecule has 1 heterocycles. The summed E-state index contributed by atoms with van der Waals surface area (Å²) in [5.41, 5.74) is 2.83. The summed E-state index contributed by atoms with van der Waals surface area (Å²) in [7, 11) is 1.64. The van der Waals surface area contributed by atoms with E-state index in [0.29, 0.717) is 24.5 Å². The molecule has 1 aliphatic carbocycles. The quantitative estimate of drug-likeness (QED) is 0.640. The number of benzene rings is 1. The Labute approximate surface area is 177 Å². The number of aromatic nitrogens is 2. The predicted octanol–water partition coefficient (Wildman–Crippen LogP) is 4.36. The molecule has 5 heteroatoms. The van der Waals surface area contributed by atoms with Gasteiger partial charge in [-0.05, 0) is 43.1 Å². The third-order valence-corrected chi connectivity index (χ3v) is 5.73. The van der Waals surface area contributed by atoms with Crippen LogP contribution in [0.1, 0.15) is 54.3 Å². The van der Waals surface area contributed by atoms with Crippen LogP contribution in [0.15, 0.2) is 76.4 Å². The maximum absolute atomic E-state index is 12.6. The number of aromatic amines is 2. The second-order valence-corrected chi connectivity index (χ2v) is 7.84. The van der Waals surface area contributed by atoms with Gasteiger partial charge in [-0.25, -0.2) is 4.79 Å². The Morgan fingerprint density at radius 3 is 2.47 bits per heavy atom. The van der Waals surface area contributed by atoms with Crippen LogP contribution >= 0.6 is 0 Å². The summed E-state index contributed by atoms with van der Waals surface area (Å²) in [5.74, 6) is 0.727. The van der Waals surface area contributed by atoms with Crippen LogP contribution in [0, 0.1) is 0 Å². The van der Waals surface area contributed by atoms with Gasteiger partial charge < -0.3 is 9.72 Å². The summed E-state index contributed by atoms with van der Waals surface area (Å²) in [6.45, 7) is 4.62. The number of nitrogens with one attached hydrogen (secondary N) is 2. The minimum absolute atomic E-state index is 0.188. The van der Waals surface area contributed by atoms with E-state index in [9.17, 15) is 9.59 Å². The van der Waals surface area contributed by atoms with E-state index in [1.54, 1.807) is 7.11 Å². The third kappa shape index (κ3) is 5.80. The van der Waals surface area contributed by atoms with E-state index in [1.807, 2.05) is 30.4 Å². The summed E-state index contributed by atoms with van der Waals surface area (Å²) in [6, 6.07) is 10.6. The summed E-state index contributed by atoms with van der Waals surface area (Å²) in [4.78, 5) is 29.9. The zero-order valence-electron chi connectivity index (χ0n) is 17.5. The van der Waals surface area contributed by atoms with Gasteiger partial charge in [0, 0.05) is 24.8 Å². The lowest BCUT2D eigenvalue weighted by Crippen LogP contribution is -2.30. The van der Waals surface area contributed by atoms with Crippen molar-refractivity contribution in [1.29, 1.82) is 0 Å². The molecule has 1 aromatic carbocycles. The van der Waals surface area contributed by atoms with Crippen molar-refractivity contribution in [3.63, 3.8) is 0 Å². The molecule has 0 saturated heterocycles. The summed E-state index contributed by atoms with van der Waals surface area (Å²) >= 11 is 0. The number of rotatable bonds is 8. The number of methoxy groups -OCH3 is 1. The van der Waals surface area contributed by atoms with Gasteiger partial charge in [-0.1, -0.05) is 66.8 Å². The molecule has 1 saturated carbocycles. The van der Waals surface area contributed by atoms with Gasteiger partial charge in [-0.2, -0.15) is 0 Å². The molecule has 0 radical (unpaired) electrons. The maximum atomic E-state index is 12.6. The maximum Gasteiger partial charge on any atom is 0.325 e. The minimum Gasteiger partial charge on any atom is -0.381 e. The Bertz CT molecular complexity index is 1010. The topological polar surface area (TPSA) is 75.0 Å². The van der Waals surface area contributed by atoms with Crippen molar-refractivity contribution in [1.82, 2.24) is 9.97 Å². The van der Waals surface area contributed by atoms with Crippen LogP contribution in [0.3, 0.4) is 0 Å². The standard InChI is InChI=1S/C25H30N2O3/c1-18(9-5-4-8-16-30-2)17-22-23(26-25(29)27-24(22)28)21-14-12-20(13-15-21)19-10-6-3-7-11-19/h3-11,20-21H,1,12-17H2,2H3,(H2,26,27,28,29)/b8-4-,9-5-. The van der Waals surface area contributed by atoms with Crippen LogP contribution in [0.4, 0.5) is 0 Å². The van der Waals surface area contributed by atoms with Crippen LogP contribution in [-0.2, 0) is 11.2 Å². The smallest absolute Gasteiger partial charge is 0.325 e. The Kier molecular flexibility index (Phi) is 7.80. The van der Waals surface area contributed by atoms with E-state index in [-0.39, 0.29) is 11.5 Å². The largest absolute Gasteiger partial charge is 0.381 e. The first-order valence-corrected chi connectivity index (χ1v) is 10.5. The fraction of sp³-hybridized carbons (Fsp3) is 0.360. The Balaban J connectivity index is 1.73. The van der Waals surface area contributed by atoms with E-state index in [2.05, 4.69) is 40.8 Å². The molecule has 5 nitrogen and oxygen atoms in total. The molecule has 1 aliphatic rings. The van der Waals surface area contributed by atoms with Crippen molar-refractivity contribution >= 4 is 0 Å². The number of ether oxygens (including phenoxy) is 1. The van der Waals surface area contributed by atoms with Crippen LogP contribution < -0.4 is 11.2 Å². The summed E-state index contributed by atoms with van der Waals surface area (Å²) in [6.07, 6.45) is 12.0. The lowest BCUT2D eigenvalue weighted by Gasteiger charge is -2.29. The minimum atomic E-state index is -0.437. The molecule has 0 amide bonds. The molecule has 2 N–H and O–H groups in total. The lowest BCUT2D eigenvalue weighted by atomic mass is 9.76. The molecule has 0 unspecified atom stereocenters. The van der Waals surface area contributed by atoms with Gasteiger partial charge in [0.2, 0.25) is 0 Å². The fourth-order valence-corrected chi connectivity index (χ4v) is 4.20. The summed E-state index contributed by atoms with van der Waals surface area (Å²) in [5, 5.41) is 0. The highest BCUT2D eigenvalue weighted by Crippen LogP contribution is 2.40. The van der Waals surface area contributed by atoms with Crippen LogP contribution in [0.2, 0.25) is 0 Å². The Hall–Kier alpha value is -2.92. The molecule has 30 heavy (non-hydrogen) atoms. The van der Waals surface area contributed by atoms with E-state index >= 15 is 0 Å². The normalized spacial score (nSPS) is 19.5. The average Bonchev–Trinajstić information content (AvgIpc) is 2.76. The van der Waals surface area contributed by atoms with Crippen molar-refractivity contribution < 1.29 is 4.74 Å². The molecule has 0 spiro atoms. The van der Waals surface area contributed by atoms with E-state index < -0.39 is 5.69 Å². The third-order valence-electron chi connectivity index (χ3n) is 5.73. The van der Waals surface area contributed by atoms with Crippen LogP contribution in [0.5, 0.6) is 0 Å². The monoisotopic (exact) mass is 406 g/mol. The van der Waals surface area contributed by atoms with Gasteiger partial charge in [0.05, 0.1) is 6.61 Å². The number of hydrogen-bond donors (Lipinski definition) is 2. The molecule has 3 rings (SSSR count). The molecule has 158 valence electrons. The molecular formula is C25H30N2O3. The highest BCUT2D eigenvalue weighted by molar-refractivity contribution is 5.31. The van der Waals surface area contributed by atoms with Crippen LogP contribution in [-0.4, -0.2) is 23.7 Å². The molecule has 1 aromatic heterocycles. The highest BCUT2D eigenvalue weighted by Gasteiger charge is 2.26. The molecule has 2 aromatic rings. The van der Waals surface area contributed by atoms with Gasteiger partial charge in [-0.15, -0.1) is 0 Å². The Morgan fingerprint density at radius 1 is 1.07 bits per heavy atom. The number of allylic oxidation sites excluding steroid dienone is 4. The average molecular weight is 407 g/mol. The van der Waals surface area contributed by atoms with E-state index in [4.69, 9.17) is 4.74 Å². The summed E-state index contributed by atoms with van der Waals surface area (Å²) < 4.78 is 4.97. The predicted molar refractivity (Wildman–Crippen MR) is 121 cm³/mol. The van der Waals surface area contributed by atoms with E-state index in [1.165, 1.54) is 5.56 Å². The van der Waals surface area contributed by atoms with Crippen molar-refractivity contribution in [3.05, 3.63) is 104 Å². The van der Waals surface area contributed by atoms with Gasteiger partial charge >= 0.3 is 5.69 Å². The highest BCUT2D eigenvalue weighted by atomic mass is 16.5.